The summed E-state index contributed by atoms with van der Waals surface area (Å²) in [6.45, 7) is -0.141. The zero-order chi connectivity index (χ0) is 19.5. The van der Waals surface area contributed by atoms with Crippen LogP contribution >= 0.6 is 0 Å². The molecule has 0 saturated heterocycles. The van der Waals surface area contributed by atoms with E-state index in [1.165, 1.54) is 32.3 Å². The summed E-state index contributed by atoms with van der Waals surface area (Å²) >= 11 is 0. The van der Waals surface area contributed by atoms with Crippen LogP contribution in [0.4, 0.5) is 13.2 Å². The molecule has 0 saturated carbocycles. The molecule has 0 radical (unpaired) electrons. The Labute approximate surface area is 149 Å². The standard InChI is InChI=1S/C17H17F3N2O3S/c1-22(2)26(24,25)15-9-4-3-6-13(15)11-21-16(23)12-7-5-8-14(10-12)17(18,19)20/h3-10H,11H2,1-2H3,(H,21,23). The first-order chi connectivity index (χ1) is 12.0. The Morgan fingerprint density at radius 2 is 1.73 bits per heavy atom. The average molecular weight is 386 g/mol. The maximum absolute atomic E-state index is 12.7. The first-order valence-corrected chi connectivity index (χ1v) is 8.93. The topological polar surface area (TPSA) is 66.5 Å². The number of halogens is 3. The van der Waals surface area contributed by atoms with Crippen LogP contribution < -0.4 is 5.32 Å². The number of nitrogens with one attached hydrogen (secondary N) is 1. The van der Waals surface area contributed by atoms with E-state index in [0.29, 0.717) is 5.56 Å². The van der Waals surface area contributed by atoms with Gasteiger partial charge in [-0.15, -0.1) is 0 Å². The predicted molar refractivity (Wildman–Crippen MR) is 89.9 cm³/mol. The van der Waals surface area contributed by atoms with Crippen LogP contribution in [0.1, 0.15) is 21.5 Å². The third-order valence-corrected chi connectivity index (χ3v) is 5.54. The summed E-state index contributed by atoms with van der Waals surface area (Å²) in [6, 6.07) is 10.1. The van der Waals surface area contributed by atoms with E-state index in [-0.39, 0.29) is 17.0 Å². The molecule has 0 heterocycles. The lowest BCUT2D eigenvalue weighted by atomic mass is 10.1. The van der Waals surface area contributed by atoms with Gasteiger partial charge in [0, 0.05) is 26.2 Å². The van der Waals surface area contributed by atoms with Crippen molar-refractivity contribution >= 4 is 15.9 Å². The van der Waals surface area contributed by atoms with Gasteiger partial charge in [0.2, 0.25) is 10.0 Å². The van der Waals surface area contributed by atoms with Gasteiger partial charge < -0.3 is 5.32 Å². The highest BCUT2D eigenvalue weighted by Gasteiger charge is 2.31. The lowest BCUT2D eigenvalue weighted by Gasteiger charge is -2.15. The molecule has 2 aromatic rings. The highest BCUT2D eigenvalue weighted by Crippen LogP contribution is 2.29. The van der Waals surface area contributed by atoms with Crippen molar-refractivity contribution in [2.75, 3.05) is 14.1 Å². The summed E-state index contributed by atoms with van der Waals surface area (Å²) in [5, 5.41) is 2.46. The second-order valence-corrected chi connectivity index (χ2v) is 7.78. The van der Waals surface area contributed by atoms with Crippen LogP contribution in [0.2, 0.25) is 0 Å². The fourth-order valence-corrected chi connectivity index (χ4v) is 3.33. The van der Waals surface area contributed by atoms with Gasteiger partial charge in [0.1, 0.15) is 0 Å². The van der Waals surface area contributed by atoms with Crippen molar-refractivity contribution in [1.82, 2.24) is 9.62 Å². The molecule has 0 fully saturated rings. The van der Waals surface area contributed by atoms with E-state index < -0.39 is 27.7 Å². The summed E-state index contributed by atoms with van der Waals surface area (Å²) in [4.78, 5) is 12.2. The molecule has 1 amide bonds. The van der Waals surface area contributed by atoms with Crippen molar-refractivity contribution in [3.05, 3.63) is 65.2 Å². The van der Waals surface area contributed by atoms with Gasteiger partial charge in [-0.05, 0) is 29.8 Å². The number of carbonyl (C=O) groups is 1. The number of benzene rings is 2. The van der Waals surface area contributed by atoms with Gasteiger partial charge in [0.15, 0.2) is 0 Å². The number of hydrogen-bond acceptors (Lipinski definition) is 3. The molecular weight excluding hydrogens is 369 g/mol. The molecule has 0 atom stereocenters. The number of hydrogen-bond donors (Lipinski definition) is 1. The third-order valence-electron chi connectivity index (χ3n) is 3.62. The Kier molecular flexibility index (Phi) is 5.72. The Bertz CT molecular complexity index is 909. The molecule has 2 aromatic carbocycles. The maximum atomic E-state index is 12.7. The lowest BCUT2D eigenvalue weighted by Crippen LogP contribution is -2.27. The highest BCUT2D eigenvalue weighted by molar-refractivity contribution is 7.89. The van der Waals surface area contributed by atoms with Crippen molar-refractivity contribution in [1.29, 1.82) is 0 Å². The summed E-state index contributed by atoms with van der Waals surface area (Å²) in [5.74, 6) is -0.729. The van der Waals surface area contributed by atoms with E-state index in [4.69, 9.17) is 0 Å². The molecule has 0 aliphatic heterocycles. The fourth-order valence-electron chi connectivity index (χ4n) is 2.21. The van der Waals surface area contributed by atoms with E-state index in [2.05, 4.69) is 5.32 Å². The van der Waals surface area contributed by atoms with Crippen molar-refractivity contribution in [2.45, 2.75) is 17.6 Å². The highest BCUT2D eigenvalue weighted by atomic mass is 32.2. The molecule has 0 aromatic heterocycles. The number of rotatable bonds is 5. The summed E-state index contributed by atoms with van der Waals surface area (Å²) < 4.78 is 63.9. The van der Waals surface area contributed by atoms with Crippen molar-refractivity contribution in [2.24, 2.45) is 0 Å². The van der Waals surface area contributed by atoms with Crippen LogP contribution in [-0.4, -0.2) is 32.7 Å². The molecule has 9 heteroatoms. The van der Waals surface area contributed by atoms with Crippen LogP contribution in [0.3, 0.4) is 0 Å². The van der Waals surface area contributed by atoms with Crippen molar-refractivity contribution < 1.29 is 26.4 Å². The quantitative estimate of drug-likeness (QED) is 0.859. The number of carbonyl (C=O) groups excluding carboxylic acids is 1. The average Bonchev–Trinajstić information content (AvgIpc) is 2.59. The predicted octanol–water partition coefficient (Wildman–Crippen LogP) is 2.89. The summed E-state index contributed by atoms with van der Waals surface area (Å²) in [6.07, 6.45) is -4.55. The van der Waals surface area contributed by atoms with Crippen LogP contribution in [0, 0.1) is 0 Å². The van der Waals surface area contributed by atoms with Gasteiger partial charge in [-0.2, -0.15) is 13.2 Å². The number of sulfonamides is 1. The van der Waals surface area contributed by atoms with E-state index >= 15 is 0 Å². The third kappa shape index (κ3) is 4.41. The Morgan fingerprint density at radius 3 is 2.35 bits per heavy atom. The minimum Gasteiger partial charge on any atom is -0.348 e. The van der Waals surface area contributed by atoms with Gasteiger partial charge in [0.05, 0.1) is 10.5 Å². The minimum absolute atomic E-state index is 0.0225. The summed E-state index contributed by atoms with van der Waals surface area (Å²) in [7, 11) is -0.948. The molecule has 0 spiro atoms. The number of alkyl halides is 3. The zero-order valence-electron chi connectivity index (χ0n) is 14.0. The van der Waals surface area contributed by atoms with Crippen molar-refractivity contribution in [3.8, 4) is 0 Å². The van der Waals surface area contributed by atoms with Gasteiger partial charge in [0.25, 0.3) is 5.91 Å². The van der Waals surface area contributed by atoms with Crippen molar-refractivity contribution in [3.63, 3.8) is 0 Å². The van der Waals surface area contributed by atoms with Crippen LogP contribution in [-0.2, 0) is 22.7 Å². The Morgan fingerprint density at radius 1 is 1.08 bits per heavy atom. The first kappa shape index (κ1) is 19.9. The molecule has 0 aliphatic carbocycles. The van der Waals surface area contributed by atoms with Crippen LogP contribution in [0.15, 0.2) is 53.4 Å². The van der Waals surface area contributed by atoms with Gasteiger partial charge in [-0.3, -0.25) is 4.79 Å². The molecule has 1 N–H and O–H groups in total. The van der Waals surface area contributed by atoms with E-state index in [1.807, 2.05) is 0 Å². The molecule has 26 heavy (non-hydrogen) atoms. The first-order valence-electron chi connectivity index (χ1n) is 7.49. The fraction of sp³-hybridized carbons (Fsp3) is 0.235. The molecule has 140 valence electrons. The normalized spacial score (nSPS) is 12.2. The molecular formula is C17H17F3N2O3S. The van der Waals surface area contributed by atoms with E-state index in [9.17, 15) is 26.4 Å². The molecule has 0 unspecified atom stereocenters. The minimum atomic E-state index is -4.55. The lowest BCUT2D eigenvalue weighted by molar-refractivity contribution is -0.137. The number of amides is 1. The van der Waals surface area contributed by atoms with Gasteiger partial charge in [-0.25, -0.2) is 12.7 Å². The second kappa shape index (κ2) is 7.46. The molecule has 0 aliphatic rings. The smallest absolute Gasteiger partial charge is 0.348 e. The molecule has 5 nitrogen and oxygen atoms in total. The van der Waals surface area contributed by atoms with E-state index in [0.717, 1.165) is 22.5 Å². The second-order valence-electron chi connectivity index (χ2n) is 5.66. The largest absolute Gasteiger partial charge is 0.416 e. The Balaban J connectivity index is 2.22. The van der Waals surface area contributed by atoms with E-state index in [1.54, 1.807) is 12.1 Å². The molecule has 0 bridgehead atoms. The van der Waals surface area contributed by atoms with Gasteiger partial charge in [-0.1, -0.05) is 24.3 Å². The maximum Gasteiger partial charge on any atom is 0.416 e. The monoisotopic (exact) mass is 386 g/mol. The molecule has 2 rings (SSSR count). The van der Waals surface area contributed by atoms with Gasteiger partial charge >= 0.3 is 6.18 Å². The Hall–Kier alpha value is -2.39. The SMILES string of the molecule is CN(C)S(=O)(=O)c1ccccc1CNC(=O)c1cccc(C(F)(F)F)c1. The summed E-state index contributed by atoms with van der Waals surface area (Å²) in [5.41, 5.74) is -0.755. The zero-order valence-corrected chi connectivity index (χ0v) is 14.9. The van der Waals surface area contributed by atoms with Crippen LogP contribution in [0.5, 0.6) is 0 Å². The number of nitrogens with zero attached hydrogens (tertiary/aromatic N) is 1. The van der Waals surface area contributed by atoms with Crippen LogP contribution in [0.25, 0.3) is 0 Å².